The third-order valence-electron chi connectivity index (χ3n) is 3.71. The number of methoxy groups -OCH3 is 3. The smallest absolute Gasteiger partial charge is 0.241 e. The average Bonchev–Trinajstić information content (AvgIpc) is 2.70. The van der Waals surface area contributed by atoms with E-state index in [2.05, 4.69) is 10.0 Å². The van der Waals surface area contributed by atoms with Crippen LogP contribution in [0.25, 0.3) is 0 Å². The van der Waals surface area contributed by atoms with Crippen molar-refractivity contribution in [1.82, 2.24) is 10.0 Å². The number of hydrogen-bond acceptors (Lipinski definition) is 6. The van der Waals surface area contributed by atoms with Gasteiger partial charge in [0.15, 0.2) is 11.5 Å². The van der Waals surface area contributed by atoms with Crippen LogP contribution in [0.1, 0.15) is 5.56 Å². The zero-order chi connectivity index (χ0) is 19.9. The largest absolute Gasteiger partial charge is 0.497 e. The number of sulfonamides is 1. The molecule has 0 radical (unpaired) electrons. The molecule has 1 amide bonds. The fourth-order valence-electron chi connectivity index (χ4n) is 2.27. The molecule has 0 aliphatic heterocycles. The van der Waals surface area contributed by atoms with Crippen molar-refractivity contribution < 1.29 is 27.4 Å². The van der Waals surface area contributed by atoms with Crippen molar-refractivity contribution in [2.75, 3.05) is 27.9 Å². The standard InChI is InChI=1S/C18H22N2O6S/c1-24-14-6-4-5-13(9-14)11-19-18(21)12-20-27(22,23)15-7-8-16(25-2)17(10-15)26-3/h4-10,20H,11-12H2,1-3H3,(H,19,21). The Kier molecular flexibility index (Phi) is 7.03. The van der Waals surface area contributed by atoms with Gasteiger partial charge in [-0.1, -0.05) is 12.1 Å². The predicted octanol–water partition coefficient (Wildman–Crippen LogP) is 1.31. The van der Waals surface area contributed by atoms with E-state index in [0.717, 1.165) is 5.56 Å². The van der Waals surface area contributed by atoms with Gasteiger partial charge < -0.3 is 19.5 Å². The molecule has 0 spiro atoms. The molecule has 146 valence electrons. The van der Waals surface area contributed by atoms with Crippen molar-refractivity contribution in [2.24, 2.45) is 0 Å². The maximum Gasteiger partial charge on any atom is 0.241 e. The molecule has 0 aliphatic rings. The molecule has 0 aromatic heterocycles. The Labute approximate surface area is 158 Å². The predicted molar refractivity (Wildman–Crippen MR) is 99.6 cm³/mol. The van der Waals surface area contributed by atoms with E-state index in [9.17, 15) is 13.2 Å². The van der Waals surface area contributed by atoms with E-state index in [1.54, 1.807) is 25.3 Å². The van der Waals surface area contributed by atoms with Gasteiger partial charge in [-0.05, 0) is 29.8 Å². The van der Waals surface area contributed by atoms with Crippen molar-refractivity contribution in [3.8, 4) is 17.2 Å². The minimum atomic E-state index is -3.87. The summed E-state index contributed by atoms with van der Waals surface area (Å²) < 4.78 is 42.3. The maximum atomic E-state index is 12.4. The van der Waals surface area contributed by atoms with E-state index in [1.165, 1.54) is 32.4 Å². The first kappa shape index (κ1) is 20.5. The van der Waals surface area contributed by atoms with Crippen LogP contribution in [0.3, 0.4) is 0 Å². The molecule has 0 saturated heterocycles. The first-order valence-corrected chi connectivity index (χ1v) is 9.49. The quantitative estimate of drug-likeness (QED) is 0.665. The second-order valence-electron chi connectivity index (χ2n) is 5.47. The van der Waals surface area contributed by atoms with Gasteiger partial charge in [0, 0.05) is 12.6 Å². The number of carbonyl (C=O) groups excluding carboxylic acids is 1. The molecular weight excluding hydrogens is 372 g/mol. The summed E-state index contributed by atoms with van der Waals surface area (Å²) in [6.07, 6.45) is 0. The lowest BCUT2D eigenvalue weighted by molar-refractivity contribution is -0.120. The Hall–Kier alpha value is -2.78. The number of hydrogen-bond donors (Lipinski definition) is 2. The highest BCUT2D eigenvalue weighted by molar-refractivity contribution is 7.89. The minimum Gasteiger partial charge on any atom is -0.497 e. The van der Waals surface area contributed by atoms with Crippen LogP contribution in [0.2, 0.25) is 0 Å². The van der Waals surface area contributed by atoms with Crippen molar-refractivity contribution in [2.45, 2.75) is 11.4 Å². The van der Waals surface area contributed by atoms with Gasteiger partial charge in [-0.15, -0.1) is 0 Å². The molecule has 9 heteroatoms. The summed E-state index contributed by atoms with van der Waals surface area (Å²) >= 11 is 0. The molecule has 0 fully saturated rings. The monoisotopic (exact) mass is 394 g/mol. The number of amides is 1. The summed E-state index contributed by atoms with van der Waals surface area (Å²) in [4.78, 5) is 11.9. The van der Waals surface area contributed by atoms with Gasteiger partial charge >= 0.3 is 0 Å². The molecular formula is C18H22N2O6S. The highest BCUT2D eigenvalue weighted by atomic mass is 32.2. The van der Waals surface area contributed by atoms with Crippen LogP contribution in [-0.2, 0) is 21.4 Å². The summed E-state index contributed by atoms with van der Waals surface area (Å²) in [6, 6.07) is 11.4. The molecule has 2 aromatic carbocycles. The highest BCUT2D eigenvalue weighted by Crippen LogP contribution is 2.29. The summed E-state index contributed by atoms with van der Waals surface area (Å²) in [6.45, 7) is -0.130. The van der Waals surface area contributed by atoms with Gasteiger partial charge in [-0.2, -0.15) is 0 Å². The van der Waals surface area contributed by atoms with Crippen LogP contribution in [0.5, 0.6) is 17.2 Å². The topological polar surface area (TPSA) is 103 Å². The van der Waals surface area contributed by atoms with Crippen molar-refractivity contribution in [3.63, 3.8) is 0 Å². The molecule has 2 N–H and O–H groups in total. The summed E-state index contributed by atoms with van der Waals surface area (Å²) in [5.41, 5.74) is 0.838. The normalized spacial score (nSPS) is 10.9. The second-order valence-corrected chi connectivity index (χ2v) is 7.24. The summed E-state index contributed by atoms with van der Waals surface area (Å²) in [7, 11) is 0.549. The first-order valence-electron chi connectivity index (χ1n) is 8.01. The molecule has 0 aliphatic carbocycles. The van der Waals surface area contributed by atoms with Crippen molar-refractivity contribution in [3.05, 3.63) is 48.0 Å². The fraction of sp³-hybridized carbons (Fsp3) is 0.278. The van der Waals surface area contributed by atoms with Gasteiger partial charge in [0.1, 0.15) is 5.75 Å². The van der Waals surface area contributed by atoms with Gasteiger partial charge in [-0.3, -0.25) is 4.79 Å². The number of rotatable bonds is 9. The molecule has 2 aromatic rings. The molecule has 8 nitrogen and oxygen atoms in total. The van der Waals surface area contributed by atoms with E-state index >= 15 is 0 Å². The zero-order valence-electron chi connectivity index (χ0n) is 15.3. The molecule has 27 heavy (non-hydrogen) atoms. The van der Waals surface area contributed by atoms with Crippen LogP contribution in [0.4, 0.5) is 0 Å². The first-order chi connectivity index (χ1) is 12.9. The number of ether oxygens (including phenoxy) is 3. The average molecular weight is 394 g/mol. The van der Waals surface area contributed by atoms with E-state index in [1.807, 2.05) is 6.07 Å². The summed E-state index contributed by atoms with van der Waals surface area (Å²) in [5, 5.41) is 2.65. The van der Waals surface area contributed by atoms with Crippen molar-refractivity contribution in [1.29, 1.82) is 0 Å². The van der Waals surface area contributed by atoms with Crippen LogP contribution in [0.15, 0.2) is 47.4 Å². The molecule has 0 heterocycles. The fourth-order valence-corrected chi connectivity index (χ4v) is 3.27. The van der Waals surface area contributed by atoms with Crippen LogP contribution >= 0.6 is 0 Å². The third kappa shape index (κ3) is 5.60. The van der Waals surface area contributed by atoms with E-state index < -0.39 is 15.9 Å². The van der Waals surface area contributed by atoms with Gasteiger partial charge in [0.25, 0.3) is 0 Å². The van der Waals surface area contributed by atoms with Gasteiger partial charge in [0.2, 0.25) is 15.9 Å². The Bertz CT molecular complexity index is 898. The molecule has 0 unspecified atom stereocenters. The Balaban J connectivity index is 1.95. The Morgan fingerprint density at radius 3 is 2.37 bits per heavy atom. The minimum absolute atomic E-state index is 0.0271. The van der Waals surface area contributed by atoms with Crippen LogP contribution in [0, 0.1) is 0 Å². The highest BCUT2D eigenvalue weighted by Gasteiger charge is 2.18. The van der Waals surface area contributed by atoms with E-state index in [4.69, 9.17) is 14.2 Å². The second kappa shape index (κ2) is 9.24. The molecule has 0 saturated carbocycles. The third-order valence-corrected chi connectivity index (χ3v) is 5.11. The molecule has 0 bridgehead atoms. The van der Waals surface area contributed by atoms with Crippen molar-refractivity contribution >= 4 is 15.9 Å². The number of benzene rings is 2. The number of carbonyl (C=O) groups is 1. The SMILES string of the molecule is COc1cccc(CNC(=O)CNS(=O)(=O)c2ccc(OC)c(OC)c2)c1. The van der Waals surface area contributed by atoms with E-state index in [0.29, 0.717) is 11.5 Å². The maximum absolute atomic E-state index is 12.4. The lowest BCUT2D eigenvalue weighted by atomic mass is 10.2. The Morgan fingerprint density at radius 1 is 0.963 bits per heavy atom. The number of nitrogens with one attached hydrogen (secondary N) is 2. The summed E-state index contributed by atoms with van der Waals surface area (Å²) in [5.74, 6) is 0.910. The molecule has 0 atom stereocenters. The van der Waals surface area contributed by atoms with Crippen LogP contribution < -0.4 is 24.2 Å². The zero-order valence-corrected chi connectivity index (χ0v) is 16.1. The lowest BCUT2D eigenvalue weighted by Gasteiger charge is -2.11. The lowest BCUT2D eigenvalue weighted by Crippen LogP contribution is -2.36. The van der Waals surface area contributed by atoms with Gasteiger partial charge in [0.05, 0.1) is 32.8 Å². The Morgan fingerprint density at radius 2 is 1.70 bits per heavy atom. The van der Waals surface area contributed by atoms with E-state index in [-0.39, 0.29) is 23.7 Å². The molecule has 2 rings (SSSR count). The van der Waals surface area contributed by atoms with Crippen LogP contribution in [-0.4, -0.2) is 42.2 Å². The van der Waals surface area contributed by atoms with Gasteiger partial charge in [-0.25, -0.2) is 13.1 Å².